The Kier molecular flexibility index (Phi) is 5.68. The number of aryl methyl sites for hydroxylation is 1. The minimum Gasteiger partial charge on any atom is -0.249 e. The molecule has 0 aliphatic heterocycles. The fourth-order valence-electron chi connectivity index (χ4n) is 1.14. The van der Waals surface area contributed by atoms with Crippen LogP contribution >= 0.6 is 22.9 Å². The highest BCUT2D eigenvalue weighted by atomic mass is 35.5. The lowest BCUT2D eigenvalue weighted by molar-refractivity contribution is 0.578. The summed E-state index contributed by atoms with van der Waals surface area (Å²) in [6, 6.07) is 0. The van der Waals surface area contributed by atoms with Crippen molar-refractivity contribution in [2.24, 2.45) is 0 Å². The summed E-state index contributed by atoms with van der Waals surface area (Å²) in [7, 11) is -3.35. The number of hydrogen-bond acceptors (Lipinski definition) is 4. The van der Waals surface area contributed by atoms with Crippen LogP contribution in [0.1, 0.15) is 24.3 Å². The van der Waals surface area contributed by atoms with E-state index in [-0.39, 0.29) is 4.21 Å². The third kappa shape index (κ3) is 4.37. The molecule has 92 valence electrons. The van der Waals surface area contributed by atoms with Crippen molar-refractivity contribution in [2.75, 3.05) is 12.4 Å². The van der Waals surface area contributed by atoms with E-state index in [2.05, 4.69) is 9.71 Å². The first-order chi connectivity index (χ1) is 7.56. The van der Waals surface area contributed by atoms with E-state index in [1.54, 1.807) is 6.92 Å². The van der Waals surface area contributed by atoms with Gasteiger partial charge in [-0.15, -0.1) is 22.9 Å². The molecule has 1 aromatic rings. The van der Waals surface area contributed by atoms with Gasteiger partial charge in [-0.2, -0.15) is 0 Å². The Hall–Kier alpha value is -0.170. The topological polar surface area (TPSA) is 59.1 Å². The molecule has 16 heavy (non-hydrogen) atoms. The van der Waals surface area contributed by atoms with E-state index in [4.69, 9.17) is 11.6 Å². The van der Waals surface area contributed by atoms with E-state index >= 15 is 0 Å². The van der Waals surface area contributed by atoms with Crippen LogP contribution in [0.25, 0.3) is 0 Å². The van der Waals surface area contributed by atoms with Crippen LogP contribution in [-0.4, -0.2) is 25.8 Å². The standard InChI is InChI=1S/C9H15ClN2O2S2/c1-8-11-7-9(15-8)16(13,14)12-6-4-2-3-5-10/h7,12H,2-6H2,1H3. The molecule has 0 spiro atoms. The molecule has 1 rings (SSSR count). The van der Waals surface area contributed by atoms with E-state index in [1.807, 2.05) is 0 Å². The molecule has 0 amide bonds. The first-order valence-electron chi connectivity index (χ1n) is 5.04. The van der Waals surface area contributed by atoms with E-state index in [0.717, 1.165) is 24.3 Å². The fourth-order valence-corrected chi connectivity index (χ4v) is 3.56. The zero-order valence-electron chi connectivity index (χ0n) is 9.07. The van der Waals surface area contributed by atoms with Gasteiger partial charge in [-0.1, -0.05) is 6.42 Å². The Balaban J connectivity index is 2.41. The lowest BCUT2D eigenvalue weighted by atomic mass is 10.2. The van der Waals surface area contributed by atoms with Gasteiger partial charge in [0, 0.05) is 12.4 Å². The molecule has 0 atom stereocenters. The fraction of sp³-hybridized carbons (Fsp3) is 0.667. The molecule has 1 N–H and O–H groups in total. The summed E-state index contributed by atoms with van der Waals surface area (Å²) in [5.74, 6) is 0.626. The molecule has 0 saturated carbocycles. The molecule has 4 nitrogen and oxygen atoms in total. The van der Waals surface area contributed by atoms with Crippen LogP contribution in [-0.2, 0) is 10.0 Å². The first-order valence-corrected chi connectivity index (χ1v) is 7.88. The number of halogens is 1. The van der Waals surface area contributed by atoms with E-state index < -0.39 is 10.0 Å². The zero-order chi connectivity index (χ0) is 12.0. The minimum absolute atomic E-state index is 0.280. The first kappa shape index (κ1) is 13.9. The number of thiazole rings is 1. The predicted molar refractivity (Wildman–Crippen MR) is 66.6 cm³/mol. The second kappa shape index (κ2) is 6.54. The molecular formula is C9H15ClN2O2S2. The largest absolute Gasteiger partial charge is 0.251 e. The van der Waals surface area contributed by atoms with Crippen molar-refractivity contribution in [3.63, 3.8) is 0 Å². The number of rotatable bonds is 7. The Morgan fingerprint density at radius 1 is 1.44 bits per heavy atom. The molecule has 0 fully saturated rings. The van der Waals surface area contributed by atoms with Crippen LogP contribution in [0.2, 0.25) is 0 Å². The van der Waals surface area contributed by atoms with Gasteiger partial charge >= 0.3 is 0 Å². The monoisotopic (exact) mass is 282 g/mol. The summed E-state index contributed by atoms with van der Waals surface area (Å²) in [5.41, 5.74) is 0. The van der Waals surface area contributed by atoms with Crippen LogP contribution in [0, 0.1) is 6.92 Å². The normalized spacial score (nSPS) is 11.9. The number of nitrogens with one attached hydrogen (secondary N) is 1. The Morgan fingerprint density at radius 2 is 2.19 bits per heavy atom. The second-order valence-corrected chi connectivity index (χ2v) is 6.95. The minimum atomic E-state index is -3.35. The Labute approximate surface area is 105 Å². The van der Waals surface area contributed by atoms with Crippen molar-refractivity contribution in [1.82, 2.24) is 9.71 Å². The number of alkyl halides is 1. The summed E-state index contributed by atoms with van der Waals surface area (Å²) >= 11 is 6.70. The average molecular weight is 283 g/mol. The highest BCUT2D eigenvalue weighted by Gasteiger charge is 2.15. The van der Waals surface area contributed by atoms with E-state index in [1.165, 1.54) is 17.5 Å². The van der Waals surface area contributed by atoms with Crippen molar-refractivity contribution in [3.8, 4) is 0 Å². The van der Waals surface area contributed by atoms with Crippen LogP contribution in [0.3, 0.4) is 0 Å². The lowest BCUT2D eigenvalue weighted by Crippen LogP contribution is -2.24. The summed E-state index contributed by atoms with van der Waals surface area (Å²) in [6.45, 7) is 2.24. The molecule has 0 radical (unpaired) electrons. The van der Waals surface area contributed by atoms with Crippen molar-refractivity contribution in [2.45, 2.75) is 30.4 Å². The lowest BCUT2D eigenvalue weighted by Gasteiger charge is -2.03. The molecule has 0 bridgehead atoms. The number of unbranched alkanes of at least 4 members (excludes halogenated alkanes) is 2. The van der Waals surface area contributed by atoms with Crippen molar-refractivity contribution < 1.29 is 8.42 Å². The SMILES string of the molecule is Cc1ncc(S(=O)(=O)NCCCCCCl)s1. The third-order valence-corrected chi connectivity index (χ3v) is 5.07. The van der Waals surface area contributed by atoms with Crippen molar-refractivity contribution in [1.29, 1.82) is 0 Å². The van der Waals surface area contributed by atoms with E-state index in [9.17, 15) is 8.42 Å². The number of hydrogen-bond donors (Lipinski definition) is 1. The Bertz CT molecular complexity index is 417. The molecule has 0 aliphatic carbocycles. The Morgan fingerprint density at radius 3 is 2.75 bits per heavy atom. The van der Waals surface area contributed by atoms with Crippen LogP contribution in [0.4, 0.5) is 0 Å². The van der Waals surface area contributed by atoms with Gasteiger partial charge in [0.2, 0.25) is 0 Å². The molecular weight excluding hydrogens is 268 g/mol. The molecule has 0 aromatic carbocycles. The molecule has 0 aliphatic rings. The van der Waals surface area contributed by atoms with Gasteiger partial charge in [-0.25, -0.2) is 18.1 Å². The molecule has 1 heterocycles. The number of sulfonamides is 1. The predicted octanol–water partition coefficient (Wildman–Crippen LogP) is 2.14. The molecule has 7 heteroatoms. The van der Waals surface area contributed by atoms with Crippen LogP contribution in [0.15, 0.2) is 10.4 Å². The maximum atomic E-state index is 11.7. The third-order valence-electron chi connectivity index (χ3n) is 1.97. The molecule has 0 saturated heterocycles. The molecule has 0 unspecified atom stereocenters. The van der Waals surface area contributed by atoms with Crippen LogP contribution in [0.5, 0.6) is 0 Å². The highest BCUT2D eigenvalue weighted by Crippen LogP contribution is 2.17. The number of aromatic nitrogens is 1. The second-order valence-electron chi connectivity index (χ2n) is 3.35. The quantitative estimate of drug-likeness (QED) is 0.616. The van der Waals surface area contributed by atoms with Gasteiger partial charge in [0.25, 0.3) is 10.0 Å². The van der Waals surface area contributed by atoms with Crippen LogP contribution < -0.4 is 4.72 Å². The summed E-state index contributed by atoms with van der Waals surface area (Å²) in [4.78, 5) is 3.92. The maximum absolute atomic E-state index is 11.7. The van der Waals surface area contributed by atoms with Gasteiger partial charge in [0.1, 0.15) is 0 Å². The maximum Gasteiger partial charge on any atom is 0.251 e. The zero-order valence-corrected chi connectivity index (χ0v) is 11.5. The summed E-state index contributed by atoms with van der Waals surface area (Å²) in [6.07, 6.45) is 4.06. The van der Waals surface area contributed by atoms with Crippen molar-refractivity contribution in [3.05, 3.63) is 11.2 Å². The van der Waals surface area contributed by atoms with Gasteiger partial charge in [-0.3, -0.25) is 0 Å². The summed E-state index contributed by atoms with van der Waals surface area (Å²) in [5, 5.41) is 0.752. The van der Waals surface area contributed by atoms with Gasteiger partial charge < -0.3 is 0 Å². The van der Waals surface area contributed by atoms with Gasteiger partial charge in [0.15, 0.2) is 4.21 Å². The number of nitrogens with zero attached hydrogens (tertiary/aromatic N) is 1. The van der Waals surface area contributed by atoms with Crippen molar-refractivity contribution >= 4 is 33.0 Å². The highest BCUT2D eigenvalue weighted by molar-refractivity contribution is 7.91. The van der Waals surface area contributed by atoms with Gasteiger partial charge in [0.05, 0.1) is 11.2 Å². The average Bonchev–Trinajstić information content (AvgIpc) is 2.65. The van der Waals surface area contributed by atoms with E-state index in [0.29, 0.717) is 12.4 Å². The summed E-state index contributed by atoms with van der Waals surface area (Å²) < 4.78 is 26.2. The van der Waals surface area contributed by atoms with Gasteiger partial charge in [-0.05, 0) is 19.8 Å². The smallest absolute Gasteiger partial charge is 0.249 e. The molecule has 1 aromatic heterocycles.